The summed E-state index contributed by atoms with van der Waals surface area (Å²) in [5.41, 5.74) is 8.61. The van der Waals surface area contributed by atoms with Crippen molar-refractivity contribution in [2.24, 2.45) is 15.7 Å². The minimum Gasteiger partial charge on any atom is -0.462 e. The van der Waals surface area contributed by atoms with E-state index in [0.29, 0.717) is 17.9 Å². The van der Waals surface area contributed by atoms with Gasteiger partial charge >= 0.3 is 5.97 Å². The molecule has 2 aromatic rings. The third-order valence-corrected chi connectivity index (χ3v) is 4.88. The highest BCUT2D eigenvalue weighted by Gasteiger charge is 2.28. The van der Waals surface area contributed by atoms with Crippen molar-refractivity contribution in [3.8, 4) is 0 Å². The van der Waals surface area contributed by atoms with Gasteiger partial charge in [-0.3, -0.25) is 14.9 Å². The fourth-order valence-electron chi connectivity index (χ4n) is 3.02. The average Bonchev–Trinajstić information content (AvgIpc) is 3.13. The van der Waals surface area contributed by atoms with Gasteiger partial charge in [-0.1, -0.05) is 31.0 Å². The van der Waals surface area contributed by atoms with E-state index >= 15 is 0 Å². The lowest BCUT2D eigenvalue weighted by Crippen LogP contribution is -2.32. The van der Waals surface area contributed by atoms with Crippen molar-refractivity contribution in [1.29, 1.82) is 0 Å². The Bertz CT molecular complexity index is 1090. The number of carbonyl (C=O) groups excluding carboxylic acids is 3. The minimum absolute atomic E-state index is 0.0332. The summed E-state index contributed by atoms with van der Waals surface area (Å²) in [5.74, 6) is -1.17. The van der Waals surface area contributed by atoms with Crippen LogP contribution >= 0.6 is 0 Å². The van der Waals surface area contributed by atoms with Gasteiger partial charge in [-0.2, -0.15) is 4.99 Å². The van der Waals surface area contributed by atoms with Crippen molar-refractivity contribution >= 4 is 41.1 Å². The molecule has 178 valence electrons. The van der Waals surface area contributed by atoms with E-state index in [1.807, 2.05) is 38.1 Å². The normalized spacial score (nSPS) is 15.4. The molecule has 0 saturated heterocycles. The zero-order chi connectivity index (χ0) is 24.5. The van der Waals surface area contributed by atoms with Gasteiger partial charge in [0.1, 0.15) is 6.04 Å². The molecule has 10 heteroatoms. The predicted octanol–water partition coefficient (Wildman–Crippen LogP) is 2.56. The van der Waals surface area contributed by atoms with E-state index in [1.54, 1.807) is 24.3 Å². The second-order valence-electron chi connectivity index (χ2n) is 7.76. The third kappa shape index (κ3) is 7.16. The van der Waals surface area contributed by atoms with E-state index in [9.17, 15) is 14.4 Å². The number of aliphatic imine (C=N–C) groups is 2. The minimum atomic E-state index is -0.918. The molecular weight excluding hydrogens is 436 g/mol. The molecule has 0 spiro atoms. The largest absolute Gasteiger partial charge is 0.462 e. The molecule has 1 aliphatic heterocycles. The Morgan fingerprint density at radius 3 is 2.41 bits per heavy atom. The lowest BCUT2D eigenvalue weighted by Gasteiger charge is -2.08. The van der Waals surface area contributed by atoms with Crippen LogP contribution in [0.5, 0.6) is 0 Å². The summed E-state index contributed by atoms with van der Waals surface area (Å²) >= 11 is 0. The number of benzene rings is 2. The quantitative estimate of drug-likeness (QED) is 0.204. The fraction of sp³-hybridized carbons (Fsp3) is 0.292. The Morgan fingerprint density at radius 2 is 1.74 bits per heavy atom. The van der Waals surface area contributed by atoms with Crippen LogP contribution in [-0.4, -0.2) is 42.4 Å². The number of nitrogens with two attached hydrogens (primary N) is 1. The topological polar surface area (TPSA) is 147 Å². The number of aryl methyl sites for hydroxylation is 1. The van der Waals surface area contributed by atoms with Gasteiger partial charge in [0.15, 0.2) is 0 Å². The molecule has 34 heavy (non-hydrogen) atoms. The number of esters is 1. The van der Waals surface area contributed by atoms with Gasteiger partial charge in [0.2, 0.25) is 17.8 Å². The summed E-state index contributed by atoms with van der Waals surface area (Å²) in [6.07, 6.45) is 1.57. The first kappa shape index (κ1) is 24.4. The lowest BCUT2D eigenvalue weighted by atomic mass is 10.2. The van der Waals surface area contributed by atoms with E-state index in [1.165, 1.54) is 0 Å². The predicted molar refractivity (Wildman–Crippen MR) is 131 cm³/mol. The second-order valence-corrected chi connectivity index (χ2v) is 7.76. The van der Waals surface area contributed by atoms with Gasteiger partial charge in [-0.05, 0) is 49.7 Å². The maximum absolute atomic E-state index is 12.4. The molecule has 1 aliphatic rings. The number of nitrogens with one attached hydrogen (secondary N) is 3. The fourth-order valence-corrected chi connectivity index (χ4v) is 3.02. The average molecular weight is 465 g/mol. The Balaban J connectivity index is 1.52. The van der Waals surface area contributed by atoms with Crippen LogP contribution in [0.15, 0.2) is 58.5 Å². The molecule has 0 saturated carbocycles. The molecule has 0 fully saturated rings. The third-order valence-electron chi connectivity index (χ3n) is 4.88. The highest BCUT2D eigenvalue weighted by Crippen LogP contribution is 2.14. The number of amides is 2. The molecule has 1 heterocycles. The molecule has 1 atom stereocenters. The van der Waals surface area contributed by atoms with E-state index in [0.717, 1.165) is 24.1 Å². The summed E-state index contributed by atoms with van der Waals surface area (Å²) in [6, 6.07) is 13.0. The van der Waals surface area contributed by atoms with Crippen LogP contribution in [-0.2, 0) is 14.3 Å². The molecular formula is C24H28N6O4. The Kier molecular flexibility index (Phi) is 8.33. The van der Waals surface area contributed by atoms with Crippen molar-refractivity contribution in [1.82, 2.24) is 5.32 Å². The van der Waals surface area contributed by atoms with Gasteiger partial charge in [0.25, 0.3) is 5.91 Å². The molecule has 1 unspecified atom stereocenters. The van der Waals surface area contributed by atoms with Crippen LogP contribution in [0.25, 0.3) is 0 Å². The smallest absolute Gasteiger partial charge is 0.338 e. The highest BCUT2D eigenvalue weighted by atomic mass is 16.5. The standard InChI is InChI=1S/C24H28N6O4/c1-3-4-13-34-22(33)16-7-11-17(12-8-16)26-20(31)14-19-21(32)29-24(28-19)30-23(25)27-18-9-5-15(2)6-10-18/h5-12,19H,3-4,13-14H2,1-2H3,(H,26,31)(H4,25,27,28,29,30,32). The van der Waals surface area contributed by atoms with Crippen LogP contribution in [0, 0.1) is 6.92 Å². The number of rotatable bonds is 8. The maximum Gasteiger partial charge on any atom is 0.338 e. The van der Waals surface area contributed by atoms with Crippen LogP contribution in [0.3, 0.4) is 0 Å². The number of carbonyl (C=O) groups is 3. The summed E-state index contributed by atoms with van der Waals surface area (Å²) < 4.78 is 5.16. The van der Waals surface area contributed by atoms with Crippen molar-refractivity contribution in [3.63, 3.8) is 0 Å². The first-order chi connectivity index (χ1) is 16.3. The number of hydrogen-bond donors (Lipinski definition) is 4. The monoisotopic (exact) mass is 464 g/mol. The van der Waals surface area contributed by atoms with Crippen molar-refractivity contribution in [3.05, 3.63) is 59.7 Å². The molecule has 3 rings (SSSR count). The van der Waals surface area contributed by atoms with E-state index in [2.05, 4.69) is 25.9 Å². The van der Waals surface area contributed by atoms with Gasteiger partial charge < -0.3 is 21.1 Å². The van der Waals surface area contributed by atoms with Gasteiger partial charge in [0.05, 0.1) is 18.6 Å². The molecule has 5 N–H and O–H groups in total. The van der Waals surface area contributed by atoms with Gasteiger partial charge in [0, 0.05) is 11.4 Å². The van der Waals surface area contributed by atoms with Crippen molar-refractivity contribution in [2.75, 3.05) is 17.2 Å². The molecule has 0 aliphatic carbocycles. The van der Waals surface area contributed by atoms with E-state index in [4.69, 9.17) is 10.5 Å². The van der Waals surface area contributed by atoms with Gasteiger partial charge in [-0.25, -0.2) is 9.79 Å². The second kappa shape index (κ2) is 11.6. The first-order valence-corrected chi connectivity index (χ1v) is 11.0. The highest BCUT2D eigenvalue weighted by molar-refractivity contribution is 6.11. The molecule has 2 amide bonds. The molecule has 2 aromatic carbocycles. The summed E-state index contributed by atoms with van der Waals surface area (Å²) in [6.45, 7) is 4.36. The molecule has 0 aromatic heterocycles. The van der Waals surface area contributed by atoms with Crippen molar-refractivity contribution < 1.29 is 19.1 Å². The molecule has 10 nitrogen and oxygen atoms in total. The number of ether oxygens (including phenoxy) is 1. The van der Waals surface area contributed by atoms with Crippen LogP contribution < -0.4 is 21.7 Å². The van der Waals surface area contributed by atoms with Crippen molar-refractivity contribution in [2.45, 2.75) is 39.2 Å². The van der Waals surface area contributed by atoms with Gasteiger partial charge in [-0.15, -0.1) is 0 Å². The zero-order valence-electron chi connectivity index (χ0n) is 19.1. The Morgan fingerprint density at radius 1 is 1.09 bits per heavy atom. The Labute approximate surface area is 197 Å². The summed E-state index contributed by atoms with van der Waals surface area (Å²) in [5, 5.41) is 8.11. The van der Waals surface area contributed by atoms with E-state index < -0.39 is 23.8 Å². The number of anilines is 2. The number of nitrogens with zero attached hydrogens (tertiary/aromatic N) is 2. The first-order valence-electron chi connectivity index (χ1n) is 11.0. The van der Waals surface area contributed by atoms with E-state index in [-0.39, 0.29) is 18.3 Å². The number of guanidine groups is 2. The van der Waals surface area contributed by atoms with Crippen LogP contribution in [0.1, 0.15) is 42.1 Å². The van der Waals surface area contributed by atoms with Crippen LogP contribution in [0.4, 0.5) is 11.4 Å². The Hall–Kier alpha value is -4.21. The molecule has 0 bridgehead atoms. The molecule has 0 radical (unpaired) electrons. The number of unbranched alkanes of at least 4 members (excludes halogenated alkanes) is 1. The maximum atomic E-state index is 12.4. The van der Waals surface area contributed by atoms with Crippen LogP contribution in [0.2, 0.25) is 0 Å². The number of hydrogen-bond acceptors (Lipinski definition) is 6. The SMILES string of the molecule is CCCCOC(=O)c1ccc(NC(=O)CC2N=C(/N=C(\N)Nc3ccc(C)cc3)NC2=O)cc1. The zero-order valence-corrected chi connectivity index (χ0v) is 19.1. The summed E-state index contributed by atoms with van der Waals surface area (Å²) in [7, 11) is 0. The lowest BCUT2D eigenvalue weighted by molar-refractivity contribution is -0.123. The summed E-state index contributed by atoms with van der Waals surface area (Å²) in [4.78, 5) is 44.7.